The van der Waals surface area contributed by atoms with Crippen LogP contribution in [-0.4, -0.2) is 48.0 Å². The third-order valence-electron chi connectivity index (χ3n) is 4.22. The minimum atomic E-state index is -0.273. The van der Waals surface area contributed by atoms with E-state index >= 15 is 0 Å². The van der Waals surface area contributed by atoms with Gasteiger partial charge >= 0.3 is 0 Å². The maximum atomic E-state index is 5.57. The lowest BCUT2D eigenvalue weighted by Gasteiger charge is -2.27. The fraction of sp³-hybridized carbons (Fsp3) is 0.562. The van der Waals surface area contributed by atoms with Crippen molar-refractivity contribution in [1.82, 2.24) is 15.1 Å². The Kier molecular flexibility index (Phi) is 4.21. The third-order valence-corrected chi connectivity index (χ3v) is 4.22. The van der Waals surface area contributed by atoms with Crippen LogP contribution in [0.1, 0.15) is 31.3 Å². The van der Waals surface area contributed by atoms with Crippen LogP contribution in [-0.2, 0) is 9.47 Å². The summed E-state index contributed by atoms with van der Waals surface area (Å²) in [5, 5.41) is 4.03. The van der Waals surface area contributed by atoms with E-state index in [-0.39, 0.29) is 6.10 Å². The Bertz CT molecular complexity index is 631. The first kappa shape index (κ1) is 14.6. The maximum Gasteiger partial charge on any atom is 0.258 e. The predicted octanol–water partition coefficient (Wildman–Crippen LogP) is 2.21. The molecule has 4 heterocycles. The lowest BCUT2D eigenvalue weighted by molar-refractivity contribution is -0.101. The van der Waals surface area contributed by atoms with Crippen LogP contribution in [0.25, 0.3) is 11.4 Å². The molecule has 0 spiro atoms. The molecule has 0 N–H and O–H groups in total. The van der Waals surface area contributed by atoms with Gasteiger partial charge in [-0.25, -0.2) is 4.98 Å². The van der Waals surface area contributed by atoms with E-state index < -0.39 is 0 Å². The van der Waals surface area contributed by atoms with E-state index in [0.29, 0.717) is 31.5 Å². The van der Waals surface area contributed by atoms with Gasteiger partial charge in [-0.1, -0.05) is 5.16 Å². The molecule has 0 aromatic carbocycles. The molecule has 1 atom stereocenters. The highest BCUT2D eigenvalue weighted by Crippen LogP contribution is 2.24. The van der Waals surface area contributed by atoms with Crippen LogP contribution in [0.15, 0.2) is 22.9 Å². The second-order valence-electron chi connectivity index (χ2n) is 5.84. The van der Waals surface area contributed by atoms with Crippen molar-refractivity contribution >= 4 is 5.82 Å². The Morgan fingerprint density at radius 1 is 1.09 bits per heavy atom. The van der Waals surface area contributed by atoms with Crippen molar-refractivity contribution in [2.24, 2.45) is 0 Å². The van der Waals surface area contributed by atoms with E-state index in [1.165, 1.54) is 19.3 Å². The normalized spacial score (nSPS) is 22.3. The summed E-state index contributed by atoms with van der Waals surface area (Å²) < 4.78 is 16.2. The summed E-state index contributed by atoms with van der Waals surface area (Å²) >= 11 is 0. The highest BCUT2D eigenvalue weighted by atomic mass is 16.6. The molecule has 0 aliphatic carbocycles. The van der Waals surface area contributed by atoms with Crippen molar-refractivity contribution in [1.29, 1.82) is 0 Å². The summed E-state index contributed by atoms with van der Waals surface area (Å²) in [5.74, 6) is 2.01. The molecule has 0 saturated carbocycles. The topological polar surface area (TPSA) is 73.5 Å². The highest BCUT2D eigenvalue weighted by Gasteiger charge is 2.23. The molecule has 4 rings (SSSR count). The minimum absolute atomic E-state index is 0.273. The second-order valence-corrected chi connectivity index (χ2v) is 5.84. The van der Waals surface area contributed by atoms with Gasteiger partial charge in [0.25, 0.3) is 5.89 Å². The Balaban J connectivity index is 1.48. The molecule has 7 nitrogen and oxygen atoms in total. The molecule has 0 bridgehead atoms. The molecule has 2 aliphatic rings. The summed E-state index contributed by atoms with van der Waals surface area (Å²) in [6.07, 6.45) is 5.32. The smallest absolute Gasteiger partial charge is 0.258 e. The predicted molar refractivity (Wildman–Crippen MR) is 83.1 cm³/mol. The van der Waals surface area contributed by atoms with E-state index in [0.717, 1.165) is 24.5 Å². The van der Waals surface area contributed by atoms with Gasteiger partial charge in [-0.05, 0) is 31.4 Å². The monoisotopic (exact) mass is 316 g/mol. The minimum Gasteiger partial charge on any atom is -0.376 e. The van der Waals surface area contributed by atoms with Crippen LogP contribution in [0.5, 0.6) is 0 Å². The van der Waals surface area contributed by atoms with Crippen molar-refractivity contribution < 1.29 is 14.0 Å². The average molecular weight is 316 g/mol. The van der Waals surface area contributed by atoms with E-state index in [9.17, 15) is 0 Å². The highest BCUT2D eigenvalue weighted by molar-refractivity contribution is 5.55. The Morgan fingerprint density at radius 2 is 2.00 bits per heavy atom. The summed E-state index contributed by atoms with van der Waals surface area (Å²) in [5.41, 5.74) is 0.845. The fourth-order valence-electron chi connectivity index (χ4n) is 2.94. The van der Waals surface area contributed by atoms with Gasteiger partial charge in [0, 0.05) is 24.8 Å². The van der Waals surface area contributed by atoms with Gasteiger partial charge in [0.05, 0.1) is 19.8 Å². The number of aromatic nitrogens is 3. The molecule has 0 amide bonds. The van der Waals surface area contributed by atoms with E-state index in [2.05, 4.69) is 20.0 Å². The van der Waals surface area contributed by atoms with E-state index in [1.807, 2.05) is 12.1 Å². The summed E-state index contributed by atoms with van der Waals surface area (Å²) in [4.78, 5) is 11.3. The van der Waals surface area contributed by atoms with Gasteiger partial charge in [-0.15, -0.1) is 0 Å². The third kappa shape index (κ3) is 3.20. The van der Waals surface area contributed by atoms with Gasteiger partial charge < -0.3 is 18.9 Å². The number of pyridine rings is 1. The number of nitrogens with zero attached hydrogens (tertiary/aromatic N) is 4. The summed E-state index contributed by atoms with van der Waals surface area (Å²) in [7, 11) is 0. The van der Waals surface area contributed by atoms with Gasteiger partial charge in [0.15, 0.2) is 6.10 Å². The molecule has 2 aromatic rings. The van der Waals surface area contributed by atoms with Crippen LogP contribution < -0.4 is 4.90 Å². The molecular weight excluding hydrogens is 296 g/mol. The van der Waals surface area contributed by atoms with Crippen LogP contribution in [0.3, 0.4) is 0 Å². The van der Waals surface area contributed by atoms with Gasteiger partial charge in [-0.2, -0.15) is 4.98 Å². The molecular formula is C16H20N4O3. The van der Waals surface area contributed by atoms with Crippen LogP contribution in [0, 0.1) is 0 Å². The number of hydrogen-bond donors (Lipinski definition) is 0. The van der Waals surface area contributed by atoms with Crippen molar-refractivity contribution in [2.45, 2.75) is 25.4 Å². The molecule has 7 heteroatoms. The lowest BCUT2D eigenvalue weighted by atomic mass is 10.1. The molecule has 2 aliphatic heterocycles. The Hall–Kier alpha value is -1.99. The van der Waals surface area contributed by atoms with Crippen molar-refractivity contribution in [2.75, 3.05) is 37.8 Å². The van der Waals surface area contributed by atoms with Gasteiger partial charge in [0.2, 0.25) is 5.82 Å². The molecule has 2 fully saturated rings. The molecule has 122 valence electrons. The molecule has 0 unspecified atom stereocenters. The number of hydrogen-bond acceptors (Lipinski definition) is 7. The van der Waals surface area contributed by atoms with Crippen LogP contribution in [0.4, 0.5) is 5.82 Å². The van der Waals surface area contributed by atoms with Crippen molar-refractivity contribution in [3.05, 3.63) is 24.2 Å². The zero-order valence-electron chi connectivity index (χ0n) is 13.0. The molecule has 2 saturated heterocycles. The molecule has 0 radical (unpaired) electrons. The largest absolute Gasteiger partial charge is 0.376 e. The first-order chi connectivity index (χ1) is 11.4. The Labute approximate surface area is 134 Å². The standard InChI is InChI=1S/C16H20N4O3/c1-2-6-20(7-3-1)14-5-4-12(10-17-14)15-18-16(23-19-15)13-11-21-8-9-22-13/h4-5,10,13H,1-3,6-9,11H2/t13-/m0/s1. The van der Waals surface area contributed by atoms with E-state index in [4.69, 9.17) is 14.0 Å². The van der Waals surface area contributed by atoms with Crippen molar-refractivity contribution in [3.8, 4) is 11.4 Å². The maximum absolute atomic E-state index is 5.57. The van der Waals surface area contributed by atoms with Gasteiger partial charge in [0.1, 0.15) is 5.82 Å². The lowest BCUT2D eigenvalue weighted by Crippen LogP contribution is -2.29. The second kappa shape index (κ2) is 6.64. The number of anilines is 1. The molecule has 23 heavy (non-hydrogen) atoms. The first-order valence-corrected chi connectivity index (χ1v) is 8.14. The van der Waals surface area contributed by atoms with Crippen molar-refractivity contribution in [3.63, 3.8) is 0 Å². The van der Waals surface area contributed by atoms with E-state index in [1.54, 1.807) is 6.20 Å². The number of ether oxygens (including phenoxy) is 2. The Morgan fingerprint density at radius 3 is 2.74 bits per heavy atom. The molecule has 2 aromatic heterocycles. The summed E-state index contributed by atoms with van der Waals surface area (Å²) in [6.45, 7) is 3.77. The quantitative estimate of drug-likeness (QED) is 0.859. The number of piperidine rings is 1. The fourth-order valence-corrected chi connectivity index (χ4v) is 2.94. The SMILES string of the molecule is c1cc(N2CCCCC2)ncc1-c1noc([C@@H]2COCCO2)n1. The first-order valence-electron chi connectivity index (χ1n) is 8.14. The zero-order chi connectivity index (χ0) is 15.5. The summed E-state index contributed by atoms with van der Waals surface area (Å²) in [6, 6.07) is 4.01. The van der Waals surface area contributed by atoms with Gasteiger partial charge in [-0.3, -0.25) is 0 Å². The zero-order valence-corrected chi connectivity index (χ0v) is 13.0. The van der Waals surface area contributed by atoms with Crippen LogP contribution >= 0.6 is 0 Å². The number of rotatable bonds is 3. The average Bonchev–Trinajstić information content (AvgIpc) is 3.14. The van der Waals surface area contributed by atoms with Crippen LogP contribution in [0.2, 0.25) is 0 Å².